The topological polar surface area (TPSA) is 66.8 Å². The highest BCUT2D eigenvalue weighted by Gasteiger charge is 2.10. The van der Waals surface area contributed by atoms with Gasteiger partial charge in [0.15, 0.2) is 0 Å². The van der Waals surface area contributed by atoms with Gasteiger partial charge in [0.2, 0.25) is 0 Å². The summed E-state index contributed by atoms with van der Waals surface area (Å²) in [6.45, 7) is -3.47. The lowest BCUT2D eigenvalue weighted by molar-refractivity contribution is -0.137. The highest BCUT2D eigenvalue weighted by Crippen LogP contribution is 2.03. The number of carboxylic acids is 1. The van der Waals surface area contributed by atoms with Crippen LogP contribution in [0.5, 0.6) is 0 Å². The van der Waals surface area contributed by atoms with E-state index in [2.05, 4.69) is 0 Å². The highest BCUT2D eigenvalue weighted by atomic mass is 16.6. The lowest BCUT2D eigenvalue weighted by Crippen LogP contribution is -2.28. The Bertz CT molecular complexity index is 608. The van der Waals surface area contributed by atoms with Gasteiger partial charge in [-0.2, -0.15) is 0 Å². The van der Waals surface area contributed by atoms with Crippen molar-refractivity contribution in [3.05, 3.63) is 35.9 Å². The van der Waals surface area contributed by atoms with Crippen molar-refractivity contribution in [2.75, 3.05) is 13.5 Å². The molecule has 0 spiro atoms. The van der Waals surface area contributed by atoms with E-state index in [-0.39, 0.29) is 11.5 Å². The summed E-state index contributed by atoms with van der Waals surface area (Å²) in [5.74, 6) is -2.18. The maximum Gasteiger partial charge on any atom is 0.409 e. The molecule has 0 fully saturated rings. The van der Waals surface area contributed by atoms with E-state index in [1.165, 1.54) is 0 Å². The number of benzene rings is 1. The van der Waals surface area contributed by atoms with Crippen molar-refractivity contribution in [2.24, 2.45) is 0 Å². The molecule has 0 aromatic heterocycles. The van der Waals surface area contributed by atoms with Gasteiger partial charge in [-0.1, -0.05) is 30.3 Å². The van der Waals surface area contributed by atoms with Gasteiger partial charge in [-0.3, -0.25) is 4.79 Å². The molecule has 0 radical (unpaired) electrons. The molecule has 98 valence electrons. The van der Waals surface area contributed by atoms with Gasteiger partial charge in [0.05, 0.1) is 0 Å². The number of carbonyl (C=O) groups excluding carboxylic acids is 1. The predicted molar refractivity (Wildman–Crippen MR) is 66.1 cm³/mol. The SMILES string of the molecule is [2H]C([2H])(C(=O)O)C([2H])([2H])C([2H])([2H])N(C)C(=O)OCc1ccccc1. The van der Waals surface area contributed by atoms with Gasteiger partial charge in [0.25, 0.3) is 0 Å². The van der Waals surface area contributed by atoms with Gasteiger partial charge in [-0.05, 0) is 11.9 Å². The van der Waals surface area contributed by atoms with Crippen LogP contribution < -0.4 is 0 Å². The summed E-state index contributed by atoms with van der Waals surface area (Å²) in [6, 6.07) is 8.46. The molecule has 0 aliphatic rings. The first-order valence-corrected chi connectivity index (χ1v) is 5.03. The Morgan fingerprint density at radius 2 is 2.06 bits per heavy atom. The second-order valence-electron chi connectivity index (χ2n) is 3.27. The molecule has 0 saturated heterocycles. The van der Waals surface area contributed by atoms with Crippen LogP contribution in [0.15, 0.2) is 30.3 Å². The fourth-order valence-corrected chi connectivity index (χ4v) is 1.03. The van der Waals surface area contributed by atoms with Crippen molar-refractivity contribution in [1.29, 1.82) is 0 Å². The molecular weight excluding hydrogens is 234 g/mol. The number of amides is 1. The largest absolute Gasteiger partial charge is 0.481 e. The van der Waals surface area contributed by atoms with E-state index in [9.17, 15) is 9.59 Å². The zero-order chi connectivity index (χ0) is 18.8. The first-order chi connectivity index (χ1) is 10.9. The molecule has 0 heterocycles. The Labute approximate surface area is 114 Å². The van der Waals surface area contributed by atoms with Crippen LogP contribution in [0.1, 0.15) is 26.5 Å². The Morgan fingerprint density at radius 1 is 1.39 bits per heavy atom. The molecule has 1 aromatic rings. The molecule has 0 saturated carbocycles. The van der Waals surface area contributed by atoms with E-state index >= 15 is 0 Å². The highest BCUT2D eigenvalue weighted by molar-refractivity contribution is 5.68. The number of ether oxygens (including phenoxy) is 1. The fourth-order valence-electron chi connectivity index (χ4n) is 1.03. The Morgan fingerprint density at radius 3 is 2.67 bits per heavy atom. The number of hydrogen-bond donors (Lipinski definition) is 1. The van der Waals surface area contributed by atoms with Crippen molar-refractivity contribution in [3.63, 3.8) is 0 Å². The smallest absolute Gasteiger partial charge is 0.409 e. The Balaban J connectivity index is 2.92. The molecule has 0 bridgehead atoms. The van der Waals surface area contributed by atoms with E-state index in [0.29, 0.717) is 5.56 Å². The van der Waals surface area contributed by atoms with E-state index in [1.807, 2.05) is 0 Å². The van der Waals surface area contributed by atoms with Crippen molar-refractivity contribution in [2.45, 2.75) is 19.4 Å². The van der Waals surface area contributed by atoms with Crippen LogP contribution in [0, 0.1) is 0 Å². The van der Waals surface area contributed by atoms with Crippen molar-refractivity contribution >= 4 is 12.1 Å². The first kappa shape index (κ1) is 7.41. The summed E-state index contributed by atoms with van der Waals surface area (Å²) < 4.78 is 50.0. The minimum atomic E-state index is -3.57. The van der Waals surface area contributed by atoms with Crippen LogP contribution in [-0.4, -0.2) is 35.6 Å². The minimum Gasteiger partial charge on any atom is -0.481 e. The number of carbonyl (C=O) groups is 2. The lowest BCUT2D eigenvalue weighted by Gasteiger charge is -2.16. The summed E-state index contributed by atoms with van der Waals surface area (Å²) in [5.41, 5.74) is 0.615. The standard InChI is InChI=1S/C13H17NO4/c1-14(9-5-8-12(15)16)13(17)18-10-11-6-3-2-4-7-11/h2-4,6-7H,5,8-10H2,1H3,(H,15,16)/i5D2,8D2,9D2. The van der Waals surface area contributed by atoms with Gasteiger partial charge >= 0.3 is 12.1 Å². The summed E-state index contributed by atoms with van der Waals surface area (Å²) in [6.07, 6.45) is -8.36. The molecule has 0 aliphatic heterocycles. The van der Waals surface area contributed by atoms with Crippen LogP contribution >= 0.6 is 0 Å². The van der Waals surface area contributed by atoms with Crippen LogP contribution in [0.3, 0.4) is 0 Å². The molecule has 18 heavy (non-hydrogen) atoms. The maximum atomic E-state index is 11.9. The van der Waals surface area contributed by atoms with E-state index in [1.54, 1.807) is 30.3 Å². The molecule has 1 aromatic carbocycles. The fraction of sp³-hybridized carbons (Fsp3) is 0.385. The zero-order valence-corrected chi connectivity index (χ0v) is 9.71. The minimum absolute atomic E-state index is 0.199. The van der Waals surface area contributed by atoms with E-state index < -0.39 is 31.3 Å². The normalized spacial score (nSPS) is 17.2. The lowest BCUT2D eigenvalue weighted by atomic mass is 10.2. The van der Waals surface area contributed by atoms with Crippen LogP contribution in [0.2, 0.25) is 0 Å². The monoisotopic (exact) mass is 257 g/mol. The van der Waals surface area contributed by atoms with Crippen molar-refractivity contribution in [3.8, 4) is 0 Å². The van der Waals surface area contributed by atoms with Gasteiger partial charge in [-0.25, -0.2) is 4.79 Å². The molecule has 1 amide bonds. The molecular formula is C13H17NO4. The maximum absolute atomic E-state index is 11.9. The third kappa shape index (κ3) is 5.34. The molecule has 5 heteroatoms. The number of hydrogen-bond acceptors (Lipinski definition) is 3. The predicted octanol–water partition coefficient (Wildman–Crippen LogP) is 2.12. The molecule has 1 rings (SSSR count). The van der Waals surface area contributed by atoms with Crippen LogP contribution in [0.25, 0.3) is 0 Å². The molecule has 0 unspecified atom stereocenters. The third-order valence-corrected chi connectivity index (χ3v) is 1.87. The van der Waals surface area contributed by atoms with E-state index in [0.717, 1.165) is 7.05 Å². The Hall–Kier alpha value is -2.04. The summed E-state index contributed by atoms with van der Waals surface area (Å²) in [4.78, 5) is 23.0. The molecule has 0 atom stereocenters. The average molecular weight is 257 g/mol. The first-order valence-electron chi connectivity index (χ1n) is 8.03. The molecule has 1 N–H and O–H groups in total. The number of nitrogens with zero attached hydrogens (tertiary/aromatic N) is 1. The second-order valence-corrected chi connectivity index (χ2v) is 3.27. The van der Waals surface area contributed by atoms with Crippen LogP contribution in [-0.2, 0) is 16.1 Å². The quantitative estimate of drug-likeness (QED) is 0.847. The number of rotatable bonds is 6. The summed E-state index contributed by atoms with van der Waals surface area (Å²) in [7, 11) is 0.864. The number of aliphatic carboxylic acids is 1. The average Bonchev–Trinajstić information content (AvgIpc) is 2.52. The van der Waals surface area contributed by atoms with Crippen molar-refractivity contribution in [1.82, 2.24) is 4.90 Å². The van der Waals surface area contributed by atoms with Gasteiger partial charge in [-0.15, -0.1) is 0 Å². The third-order valence-electron chi connectivity index (χ3n) is 1.87. The Kier molecular flexibility index (Phi) is 3.01. The molecule has 5 nitrogen and oxygen atoms in total. The second kappa shape index (κ2) is 7.32. The summed E-state index contributed by atoms with van der Waals surface area (Å²) in [5, 5.41) is 8.80. The zero-order valence-electron chi connectivity index (χ0n) is 15.7. The van der Waals surface area contributed by atoms with Crippen LogP contribution in [0.4, 0.5) is 4.79 Å². The van der Waals surface area contributed by atoms with Crippen molar-refractivity contribution < 1.29 is 27.7 Å². The summed E-state index contributed by atoms with van der Waals surface area (Å²) >= 11 is 0. The number of carboxylic acid groups (broad SMARTS) is 1. The van der Waals surface area contributed by atoms with Gasteiger partial charge in [0.1, 0.15) is 6.61 Å². The van der Waals surface area contributed by atoms with E-state index in [4.69, 9.17) is 18.1 Å². The van der Waals surface area contributed by atoms with Gasteiger partial charge < -0.3 is 14.7 Å². The molecule has 0 aliphatic carbocycles. The van der Waals surface area contributed by atoms with Gasteiger partial charge in [0, 0.05) is 28.1 Å².